The van der Waals surface area contributed by atoms with Crippen molar-refractivity contribution in [3.8, 4) is 0 Å². The summed E-state index contributed by atoms with van der Waals surface area (Å²) in [5, 5.41) is 7.42. The standard InChI is InChI=1S/C22H29F3N4O/c1-14(2)29-16(4)20(15(3)27-29)26-21(30)28(18-10-6-7-11-18)13-17-9-5-8-12-19(17)22(23,24)25/h5,8-9,12,14,18H,6-7,10-11,13H2,1-4H3,(H,26,30). The van der Waals surface area contributed by atoms with Crippen LogP contribution in [0.25, 0.3) is 0 Å². The molecule has 3 rings (SSSR count). The van der Waals surface area contributed by atoms with Crippen LogP contribution >= 0.6 is 0 Å². The van der Waals surface area contributed by atoms with Crippen molar-refractivity contribution in [2.75, 3.05) is 5.32 Å². The molecule has 8 heteroatoms. The van der Waals surface area contributed by atoms with Gasteiger partial charge in [0.1, 0.15) is 0 Å². The molecular weight excluding hydrogens is 393 g/mol. The Morgan fingerprint density at radius 1 is 1.23 bits per heavy atom. The Labute approximate surface area is 175 Å². The van der Waals surface area contributed by atoms with E-state index in [-0.39, 0.29) is 30.2 Å². The fraction of sp³-hybridized carbons (Fsp3) is 0.545. The van der Waals surface area contributed by atoms with Gasteiger partial charge in [-0.2, -0.15) is 18.3 Å². The van der Waals surface area contributed by atoms with Crippen molar-refractivity contribution < 1.29 is 18.0 Å². The van der Waals surface area contributed by atoms with E-state index >= 15 is 0 Å². The number of benzene rings is 1. The lowest BCUT2D eigenvalue weighted by Gasteiger charge is -2.30. The van der Waals surface area contributed by atoms with E-state index in [2.05, 4.69) is 10.4 Å². The number of rotatable bonds is 5. The van der Waals surface area contributed by atoms with Crippen LogP contribution in [0.5, 0.6) is 0 Å². The van der Waals surface area contributed by atoms with Crippen molar-refractivity contribution in [2.45, 2.75) is 78.2 Å². The van der Waals surface area contributed by atoms with Crippen LogP contribution < -0.4 is 5.32 Å². The Morgan fingerprint density at radius 3 is 2.43 bits per heavy atom. The summed E-state index contributed by atoms with van der Waals surface area (Å²) in [6.45, 7) is 7.63. The molecule has 0 saturated heterocycles. The molecule has 2 amide bonds. The van der Waals surface area contributed by atoms with Gasteiger partial charge in [0.15, 0.2) is 0 Å². The molecule has 1 fully saturated rings. The second-order valence-corrected chi connectivity index (χ2v) is 8.24. The maximum atomic E-state index is 13.5. The molecular formula is C22H29F3N4O. The van der Waals surface area contributed by atoms with Crippen LogP contribution in [-0.2, 0) is 12.7 Å². The van der Waals surface area contributed by atoms with Gasteiger partial charge in [0.05, 0.1) is 22.6 Å². The predicted molar refractivity (Wildman–Crippen MR) is 110 cm³/mol. The average Bonchev–Trinajstić information content (AvgIpc) is 3.29. The third-order valence-electron chi connectivity index (χ3n) is 5.74. The summed E-state index contributed by atoms with van der Waals surface area (Å²) in [5.74, 6) is 0. The first-order valence-corrected chi connectivity index (χ1v) is 10.4. The molecule has 0 aliphatic heterocycles. The minimum absolute atomic E-state index is 0.0768. The number of nitrogens with one attached hydrogen (secondary N) is 1. The molecule has 30 heavy (non-hydrogen) atoms. The van der Waals surface area contributed by atoms with Crippen LogP contribution in [0.1, 0.15) is 68.1 Å². The molecule has 1 aromatic heterocycles. The number of alkyl halides is 3. The number of hydrogen-bond acceptors (Lipinski definition) is 2. The summed E-state index contributed by atoms with van der Waals surface area (Å²) >= 11 is 0. The Morgan fingerprint density at radius 2 is 1.87 bits per heavy atom. The lowest BCUT2D eigenvalue weighted by molar-refractivity contribution is -0.138. The summed E-state index contributed by atoms with van der Waals surface area (Å²) in [6.07, 6.45) is -0.924. The van der Waals surface area contributed by atoms with E-state index in [0.29, 0.717) is 11.4 Å². The number of aryl methyl sites for hydroxylation is 1. The van der Waals surface area contributed by atoms with Crippen LogP contribution in [0.3, 0.4) is 0 Å². The third-order valence-corrected chi connectivity index (χ3v) is 5.74. The minimum Gasteiger partial charge on any atom is -0.317 e. The summed E-state index contributed by atoms with van der Waals surface area (Å²) in [6, 6.07) is 5.15. The van der Waals surface area contributed by atoms with Crippen molar-refractivity contribution in [3.63, 3.8) is 0 Å². The molecule has 1 aromatic carbocycles. The van der Waals surface area contributed by atoms with Crippen LogP contribution in [-0.4, -0.2) is 26.8 Å². The number of amides is 2. The first-order chi connectivity index (χ1) is 14.1. The molecule has 0 unspecified atom stereocenters. The van der Waals surface area contributed by atoms with Gasteiger partial charge in [-0.3, -0.25) is 4.68 Å². The molecule has 5 nitrogen and oxygen atoms in total. The van der Waals surface area contributed by atoms with Gasteiger partial charge in [0.25, 0.3) is 0 Å². The lowest BCUT2D eigenvalue weighted by atomic mass is 10.1. The van der Waals surface area contributed by atoms with Gasteiger partial charge < -0.3 is 10.2 Å². The molecule has 1 heterocycles. The van der Waals surface area contributed by atoms with Crippen molar-refractivity contribution in [3.05, 3.63) is 46.8 Å². The number of urea groups is 1. The van der Waals surface area contributed by atoms with Crippen molar-refractivity contribution in [1.82, 2.24) is 14.7 Å². The zero-order valence-corrected chi connectivity index (χ0v) is 17.9. The van der Waals surface area contributed by atoms with Gasteiger partial charge in [-0.1, -0.05) is 31.0 Å². The van der Waals surface area contributed by atoms with Crippen LogP contribution in [0.4, 0.5) is 23.7 Å². The summed E-state index contributed by atoms with van der Waals surface area (Å²) < 4.78 is 42.3. The Hall–Kier alpha value is -2.51. The van der Waals surface area contributed by atoms with E-state index < -0.39 is 11.7 Å². The van der Waals surface area contributed by atoms with E-state index in [1.54, 1.807) is 11.0 Å². The fourth-order valence-corrected chi connectivity index (χ4v) is 4.23. The SMILES string of the molecule is Cc1nn(C(C)C)c(C)c1NC(=O)N(Cc1ccccc1C(F)(F)F)C1CCCC1. The molecule has 2 aromatic rings. The number of nitrogens with zero attached hydrogens (tertiary/aromatic N) is 3. The van der Waals surface area contributed by atoms with Crippen molar-refractivity contribution in [2.24, 2.45) is 0 Å². The van der Waals surface area contributed by atoms with E-state index in [9.17, 15) is 18.0 Å². The highest BCUT2D eigenvalue weighted by molar-refractivity contribution is 5.90. The van der Waals surface area contributed by atoms with E-state index in [1.807, 2.05) is 32.4 Å². The highest BCUT2D eigenvalue weighted by atomic mass is 19.4. The molecule has 0 spiro atoms. The predicted octanol–water partition coefficient (Wildman–Crippen LogP) is 6.08. The highest BCUT2D eigenvalue weighted by Crippen LogP contribution is 2.34. The normalized spacial score (nSPS) is 15.1. The maximum Gasteiger partial charge on any atom is 0.416 e. The zero-order valence-electron chi connectivity index (χ0n) is 17.9. The second kappa shape index (κ2) is 8.70. The number of halogens is 3. The van der Waals surface area contributed by atoms with Gasteiger partial charge in [-0.15, -0.1) is 0 Å². The van der Waals surface area contributed by atoms with Gasteiger partial charge in [0, 0.05) is 18.6 Å². The average molecular weight is 422 g/mol. The van der Waals surface area contributed by atoms with Gasteiger partial charge in [0.2, 0.25) is 0 Å². The first kappa shape index (κ1) is 22.2. The molecule has 0 radical (unpaired) electrons. The zero-order chi connectivity index (χ0) is 22.1. The Kier molecular flexibility index (Phi) is 6.43. The number of anilines is 1. The van der Waals surface area contributed by atoms with Crippen molar-refractivity contribution >= 4 is 11.7 Å². The summed E-state index contributed by atoms with van der Waals surface area (Å²) in [4.78, 5) is 14.8. The van der Waals surface area contributed by atoms with Gasteiger partial charge >= 0.3 is 12.2 Å². The molecule has 0 atom stereocenters. The van der Waals surface area contributed by atoms with E-state index in [4.69, 9.17) is 0 Å². The lowest BCUT2D eigenvalue weighted by Crippen LogP contribution is -2.41. The fourth-order valence-electron chi connectivity index (χ4n) is 4.23. The number of aromatic nitrogens is 2. The van der Waals surface area contributed by atoms with Crippen LogP contribution in [0, 0.1) is 13.8 Å². The number of hydrogen-bond donors (Lipinski definition) is 1. The number of carbonyl (C=O) groups is 1. The van der Waals surface area contributed by atoms with Crippen molar-refractivity contribution in [1.29, 1.82) is 0 Å². The van der Waals surface area contributed by atoms with E-state index in [0.717, 1.165) is 37.4 Å². The maximum absolute atomic E-state index is 13.5. The molecule has 164 valence electrons. The van der Waals surface area contributed by atoms with Gasteiger partial charge in [-0.25, -0.2) is 4.79 Å². The smallest absolute Gasteiger partial charge is 0.317 e. The molecule has 1 aliphatic carbocycles. The van der Waals surface area contributed by atoms with Crippen LogP contribution in [0.15, 0.2) is 24.3 Å². The summed E-state index contributed by atoms with van der Waals surface area (Å²) in [5.41, 5.74) is 1.56. The molecule has 1 saturated carbocycles. The molecule has 1 N–H and O–H groups in total. The van der Waals surface area contributed by atoms with Crippen LogP contribution in [0.2, 0.25) is 0 Å². The second-order valence-electron chi connectivity index (χ2n) is 8.24. The number of carbonyl (C=O) groups excluding carboxylic acids is 1. The van der Waals surface area contributed by atoms with Gasteiger partial charge in [-0.05, 0) is 52.2 Å². The first-order valence-electron chi connectivity index (χ1n) is 10.4. The largest absolute Gasteiger partial charge is 0.416 e. The molecule has 0 bridgehead atoms. The quantitative estimate of drug-likeness (QED) is 0.635. The molecule has 1 aliphatic rings. The minimum atomic E-state index is -4.46. The highest BCUT2D eigenvalue weighted by Gasteiger charge is 2.35. The van der Waals surface area contributed by atoms with E-state index in [1.165, 1.54) is 12.1 Å². The summed E-state index contributed by atoms with van der Waals surface area (Å²) in [7, 11) is 0. The topological polar surface area (TPSA) is 50.2 Å². The monoisotopic (exact) mass is 422 g/mol. The Balaban J connectivity index is 1.90. The third kappa shape index (κ3) is 4.63. The Bertz CT molecular complexity index is 898.